The summed E-state index contributed by atoms with van der Waals surface area (Å²) in [5.41, 5.74) is 10.4. The highest BCUT2D eigenvalue weighted by Crippen LogP contribution is 2.33. The average molecular weight is 272 g/mol. The molecule has 98 valence electrons. The van der Waals surface area contributed by atoms with Gasteiger partial charge in [0.1, 0.15) is 5.82 Å². The summed E-state index contributed by atoms with van der Waals surface area (Å²) in [7, 11) is 0. The van der Waals surface area contributed by atoms with Gasteiger partial charge in [-0.05, 0) is 47.9 Å². The summed E-state index contributed by atoms with van der Waals surface area (Å²) in [4.78, 5) is 10.9. The summed E-state index contributed by atoms with van der Waals surface area (Å²) in [6, 6.07) is 2.16. The maximum atomic E-state index is 5.76. The second-order valence-electron chi connectivity index (χ2n) is 4.60. The third kappa shape index (κ3) is 2.10. The monoisotopic (exact) mass is 272 g/mol. The lowest BCUT2D eigenvalue weighted by molar-refractivity contribution is 0.872. The number of nitrogens with zero attached hydrogens (tertiary/aromatic N) is 3. The Kier molecular flexibility index (Phi) is 2.98. The van der Waals surface area contributed by atoms with Crippen molar-refractivity contribution in [1.29, 1.82) is 0 Å². The second-order valence-corrected chi connectivity index (χ2v) is 5.38. The highest BCUT2D eigenvalue weighted by Gasteiger charge is 2.21. The SMILES string of the molecule is CCN1CC(c2ccsc2)=Cc2c(C)nc(N)nc21. The van der Waals surface area contributed by atoms with Crippen molar-refractivity contribution >= 4 is 34.8 Å². The third-order valence-electron chi connectivity index (χ3n) is 3.39. The maximum Gasteiger partial charge on any atom is 0.222 e. The molecule has 4 nitrogen and oxygen atoms in total. The van der Waals surface area contributed by atoms with E-state index in [4.69, 9.17) is 5.73 Å². The molecule has 0 unspecified atom stereocenters. The summed E-state index contributed by atoms with van der Waals surface area (Å²) < 4.78 is 0. The van der Waals surface area contributed by atoms with E-state index in [0.717, 1.165) is 30.2 Å². The van der Waals surface area contributed by atoms with Crippen molar-refractivity contribution in [3.05, 3.63) is 33.6 Å². The van der Waals surface area contributed by atoms with Crippen molar-refractivity contribution in [2.75, 3.05) is 23.7 Å². The van der Waals surface area contributed by atoms with Crippen LogP contribution in [0, 0.1) is 6.92 Å². The molecule has 0 bridgehead atoms. The Morgan fingerprint density at radius 2 is 2.26 bits per heavy atom. The predicted octanol–water partition coefficient (Wildman–Crippen LogP) is 2.81. The number of fused-ring (bicyclic) bond motifs is 1. The van der Waals surface area contributed by atoms with Crippen LogP contribution in [-0.4, -0.2) is 23.1 Å². The van der Waals surface area contributed by atoms with Gasteiger partial charge in [0.25, 0.3) is 0 Å². The van der Waals surface area contributed by atoms with Gasteiger partial charge in [-0.25, -0.2) is 4.98 Å². The number of anilines is 2. The summed E-state index contributed by atoms with van der Waals surface area (Å²) in [5, 5.41) is 4.28. The number of hydrogen-bond acceptors (Lipinski definition) is 5. The summed E-state index contributed by atoms with van der Waals surface area (Å²) in [5.74, 6) is 1.30. The molecule has 1 aliphatic rings. The van der Waals surface area contributed by atoms with Crippen molar-refractivity contribution < 1.29 is 0 Å². The smallest absolute Gasteiger partial charge is 0.222 e. The maximum absolute atomic E-state index is 5.76. The summed E-state index contributed by atoms with van der Waals surface area (Å²) in [6.45, 7) is 5.90. The highest BCUT2D eigenvalue weighted by atomic mass is 32.1. The number of aromatic nitrogens is 2. The minimum Gasteiger partial charge on any atom is -0.368 e. The van der Waals surface area contributed by atoms with E-state index in [1.165, 1.54) is 11.1 Å². The lowest BCUT2D eigenvalue weighted by atomic mass is 10.0. The van der Waals surface area contributed by atoms with Gasteiger partial charge in [0, 0.05) is 18.7 Å². The minimum absolute atomic E-state index is 0.349. The fourth-order valence-electron chi connectivity index (χ4n) is 2.38. The van der Waals surface area contributed by atoms with Gasteiger partial charge in [-0.15, -0.1) is 0 Å². The number of thiophene rings is 1. The normalized spacial score (nSPS) is 14.2. The summed E-state index contributed by atoms with van der Waals surface area (Å²) in [6.07, 6.45) is 2.19. The third-order valence-corrected chi connectivity index (χ3v) is 4.07. The largest absolute Gasteiger partial charge is 0.368 e. The molecule has 0 amide bonds. The van der Waals surface area contributed by atoms with Gasteiger partial charge in [-0.3, -0.25) is 0 Å². The molecule has 5 heteroatoms. The zero-order valence-electron chi connectivity index (χ0n) is 11.1. The zero-order valence-corrected chi connectivity index (χ0v) is 11.9. The Hall–Kier alpha value is -1.88. The lowest BCUT2D eigenvalue weighted by Gasteiger charge is -2.29. The fraction of sp³-hybridized carbons (Fsp3) is 0.286. The average Bonchev–Trinajstić information content (AvgIpc) is 2.91. The Morgan fingerprint density at radius 3 is 2.95 bits per heavy atom. The zero-order chi connectivity index (χ0) is 13.4. The lowest BCUT2D eigenvalue weighted by Crippen LogP contribution is -2.29. The molecular weight excluding hydrogens is 256 g/mol. The molecule has 1 aliphatic heterocycles. The first kappa shape index (κ1) is 12.2. The molecule has 3 rings (SSSR count). The fourth-order valence-corrected chi connectivity index (χ4v) is 3.06. The van der Waals surface area contributed by atoms with Crippen LogP contribution >= 0.6 is 11.3 Å². The molecule has 0 radical (unpaired) electrons. The van der Waals surface area contributed by atoms with Crippen LogP contribution in [0.15, 0.2) is 16.8 Å². The van der Waals surface area contributed by atoms with Gasteiger partial charge in [0.2, 0.25) is 5.95 Å². The quantitative estimate of drug-likeness (QED) is 0.913. The number of rotatable bonds is 2. The summed E-state index contributed by atoms with van der Waals surface area (Å²) >= 11 is 1.72. The van der Waals surface area contributed by atoms with Crippen LogP contribution < -0.4 is 10.6 Å². The van der Waals surface area contributed by atoms with Gasteiger partial charge in [0.05, 0.1) is 5.69 Å². The Morgan fingerprint density at radius 1 is 1.42 bits per heavy atom. The van der Waals surface area contributed by atoms with Crippen LogP contribution in [0.1, 0.15) is 23.7 Å². The Balaban J connectivity index is 2.15. The molecule has 2 aromatic heterocycles. The Labute approximate surface area is 116 Å². The van der Waals surface area contributed by atoms with E-state index in [2.05, 4.69) is 44.7 Å². The number of hydrogen-bond donors (Lipinski definition) is 1. The standard InChI is InChI=1S/C14H16N4S/c1-3-18-7-11(10-4-5-19-8-10)6-12-9(2)16-14(15)17-13(12)18/h4-6,8H,3,7H2,1-2H3,(H2,15,16,17). The number of nitrogens with two attached hydrogens (primary N) is 1. The van der Waals surface area contributed by atoms with E-state index in [9.17, 15) is 0 Å². The first-order valence-electron chi connectivity index (χ1n) is 6.31. The second kappa shape index (κ2) is 4.66. The van der Waals surface area contributed by atoms with Gasteiger partial charge >= 0.3 is 0 Å². The van der Waals surface area contributed by atoms with Crippen LogP contribution in [-0.2, 0) is 0 Å². The number of aryl methyl sites for hydroxylation is 1. The molecule has 19 heavy (non-hydrogen) atoms. The van der Waals surface area contributed by atoms with E-state index < -0.39 is 0 Å². The topological polar surface area (TPSA) is 55.0 Å². The molecule has 2 N–H and O–H groups in total. The number of nitrogen functional groups attached to an aromatic ring is 1. The van der Waals surface area contributed by atoms with Crippen LogP contribution in [0.5, 0.6) is 0 Å². The van der Waals surface area contributed by atoms with Crippen LogP contribution in [0.25, 0.3) is 11.6 Å². The van der Waals surface area contributed by atoms with Gasteiger partial charge in [-0.1, -0.05) is 0 Å². The van der Waals surface area contributed by atoms with Crippen molar-refractivity contribution in [3.8, 4) is 0 Å². The van der Waals surface area contributed by atoms with Crippen LogP contribution in [0.3, 0.4) is 0 Å². The van der Waals surface area contributed by atoms with Crippen LogP contribution in [0.2, 0.25) is 0 Å². The van der Waals surface area contributed by atoms with Gasteiger partial charge < -0.3 is 10.6 Å². The first-order chi connectivity index (χ1) is 9.19. The van der Waals surface area contributed by atoms with E-state index in [0.29, 0.717) is 5.95 Å². The van der Waals surface area contributed by atoms with E-state index in [1.807, 2.05) is 6.92 Å². The predicted molar refractivity (Wildman–Crippen MR) is 81.3 cm³/mol. The van der Waals surface area contributed by atoms with Crippen molar-refractivity contribution in [1.82, 2.24) is 9.97 Å². The van der Waals surface area contributed by atoms with Crippen molar-refractivity contribution in [3.63, 3.8) is 0 Å². The molecule has 0 aliphatic carbocycles. The van der Waals surface area contributed by atoms with Crippen molar-refractivity contribution in [2.24, 2.45) is 0 Å². The van der Waals surface area contributed by atoms with Crippen LogP contribution in [0.4, 0.5) is 11.8 Å². The molecule has 0 spiro atoms. The molecule has 3 heterocycles. The first-order valence-corrected chi connectivity index (χ1v) is 7.25. The van der Waals surface area contributed by atoms with E-state index >= 15 is 0 Å². The molecule has 0 fully saturated rings. The highest BCUT2D eigenvalue weighted by molar-refractivity contribution is 7.08. The molecule has 0 aromatic carbocycles. The van der Waals surface area contributed by atoms with Crippen molar-refractivity contribution in [2.45, 2.75) is 13.8 Å². The molecule has 0 saturated carbocycles. The van der Waals surface area contributed by atoms with E-state index in [1.54, 1.807) is 11.3 Å². The van der Waals surface area contributed by atoms with E-state index in [-0.39, 0.29) is 0 Å². The Bertz CT molecular complexity index is 631. The van der Waals surface area contributed by atoms with Gasteiger partial charge in [0.15, 0.2) is 0 Å². The number of likely N-dealkylation sites (N-methyl/N-ethyl adjacent to an activating group) is 1. The minimum atomic E-state index is 0.349. The van der Waals surface area contributed by atoms with Gasteiger partial charge in [-0.2, -0.15) is 16.3 Å². The molecule has 0 saturated heterocycles. The molecule has 0 atom stereocenters. The molecule has 2 aromatic rings. The molecular formula is C14H16N4S.